The van der Waals surface area contributed by atoms with Crippen molar-refractivity contribution >= 4 is 23.6 Å². The van der Waals surface area contributed by atoms with E-state index in [0.717, 1.165) is 0 Å². The molecule has 2 aliphatic rings. The number of Topliss-reactive ketones (excluding diaryl/α,β-unsaturated/α-hetero) is 1. The van der Waals surface area contributed by atoms with Crippen molar-refractivity contribution in [1.29, 1.82) is 0 Å². The molecule has 0 aromatic heterocycles. The van der Waals surface area contributed by atoms with Crippen LogP contribution in [-0.2, 0) is 19.2 Å². The molecule has 1 aliphatic carbocycles. The number of alkyl halides is 2. The standard InChI is InChI=1S/C22H22F6N2O6/c23-12-5-13(24)18(26)19(17(12)25)36-9-15(31)14(6-16(32)33)29-20(34)10-1-3-30(4-2-10)21(35)11-7-22(27,28)8-11/h5,10-11,14H,1-4,6-9H2,(H,29,34)(H,32,33)/t14-/m0/s1. The lowest BCUT2D eigenvalue weighted by Gasteiger charge is -2.39. The number of piperidine rings is 1. The van der Waals surface area contributed by atoms with Crippen LogP contribution in [-0.4, -0.2) is 65.2 Å². The van der Waals surface area contributed by atoms with Gasteiger partial charge in [0, 0.05) is 43.8 Å². The minimum absolute atomic E-state index is 0.0624. The second-order valence-electron chi connectivity index (χ2n) is 8.77. The van der Waals surface area contributed by atoms with Gasteiger partial charge in [-0.15, -0.1) is 0 Å². The molecule has 3 rings (SSSR count). The maximum Gasteiger partial charge on any atom is 0.305 e. The van der Waals surface area contributed by atoms with E-state index in [9.17, 15) is 45.5 Å². The lowest BCUT2D eigenvalue weighted by molar-refractivity contribution is -0.161. The highest BCUT2D eigenvalue weighted by atomic mass is 19.3. The number of nitrogens with zero attached hydrogens (tertiary/aromatic N) is 1. The molecule has 1 saturated heterocycles. The van der Waals surface area contributed by atoms with Crippen LogP contribution in [0.3, 0.4) is 0 Å². The highest BCUT2D eigenvalue weighted by Crippen LogP contribution is 2.43. The zero-order chi connectivity index (χ0) is 26.8. The number of carbonyl (C=O) groups excluding carboxylic acids is 3. The highest BCUT2D eigenvalue weighted by molar-refractivity contribution is 5.93. The SMILES string of the molecule is O=C(O)C[C@H](NC(=O)C1CCN(C(=O)C2CC(F)(F)C2)CC1)C(=O)COc1c(F)c(F)cc(F)c1F. The van der Waals surface area contributed by atoms with Crippen molar-refractivity contribution in [2.24, 2.45) is 11.8 Å². The van der Waals surface area contributed by atoms with Gasteiger partial charge in [0.15, 0.2) is 23.2 Å². The van der Waals surface area contributed by atoms with Crippen molar-refractivity contribution in [2.45, 2.75) is 44.1 Å². The van der Waals surface area contributed by atoms with E-state index in [0.29, 0.717) is 0 Å². The zero-order valence-corrected chi connectivity index (χ0v) is 18.7. The number of carboxylic acid groups (broad SMARTS) is 1. The highest BCUT2D eigenvalue weighted by Gasteiger charge is 2.50. The Hall–Kier alpha value is -3.32. The van der Waals surface area contributed by atoms with Gasteiger partial charge in [-0.3, -0.25) is 19.2 Å². The molecule has 2 N–H and O–H groups in total. The van der Waals surface area contributed by atoms with E-state index in [1.54, 1.807) is 0 Å². The Morgan fingerprint density at radius 3 is 2.08 bits per heavy atom. The number of rotatable bonds is 9. The minimum Gasteiger partial charge on any atom is -0.481 e. The largest absolute Gasteiger partial charge is 0.481 e. The molecule has 1 aromatic carbocycles. The van der Waals surface area contributed by atoms with E-state index in [2.05, 4.69) is 10.1 Å². The fourth-order valence-electron chi connectivity index (χ4n) is 4.09. The summed E-state index contributed by atoms with van der Waals surface area (Å²) in [5, 5.41) is 11.3. The molecule has 2 amide bonds. The number of nitrogens with one attached hydrogen (secondary N) is 1. The molecule has 1 saturated carbocycles. The molecule has 2 fully saturated rings. The van der Waals surface area contributed by atoms with Crippen molar-refractivity contribution in [3.05, 3.63) is 29.3 Å². The first-order valence-electron chi connectivity index (χ1n) is 11.0. The summed E-state index contributed by atoms with van der Waals surface area (Å²) in [7, 11) is 0. The van der Waals surface area contributed by atoms with Crippen molar-refractivity contribution in [3.63, 3.8) is 0 Å². The molecular weight excluding hydrogens is 502 g/mol. The van der Waals surface area contributed by atoms with Gasteiger partial charge < -0.3 is 20.1 Å². The maximum absolute atomic E-state index is 13.7. The summed E-state index contributed by atoms with van der Waals surface area (Å²) in [6.45, 7) is -0.999. The van der Waals surface area contributed by atoms with E-state index in [-0.39, 0.29) is 32.0 Å². The average Bonchev–Trinajstić information content (AvgIpc) is 2.80. The molecule has 1 aromatic rings. The molecule has 0 bridgehead atoms. The number of carboxylic acids is 1. The molecule has 198 valence electrons. The summed E-state index contributed by atoms with van der Waals surface area (Å²) in [6, 6.07) is -1.75. The van der Waals surface area contributed by atoms with Gasteiger partial charge in [0.2, 0.25) is 29.4 Å². The number of halogens is 6. The summed E-state index contributed by atoms with van der Waals surface area (Å²) in [4.78, 5) is 49.8. The number of likely N-dealkylation sites (tertiary alicyclic amines) is 1. The van der Waals surface area contributed by atoms with Crippen LogP contribution in [0.4, 0.5) is 26.3 Å². The number of benzene rings is 1. The zero-order valence-electron chi connectivity index (χ0n) is 18.7. The Kier molecular flexibility index (Phi) is 8.14. The third-order valence-corrected chi connectivity index (χ3v) is 6.13. The third kappa shape index (κ3) is 6.26. The number of ketones is 1. The number of aliphatic carboxylic acids is 1. The fraction of sp³-hybridized carbons (Fsp3) is 0.545. The first-order valence-corrected chi connectivity index (χ1v) is 11.0. The van der Waals surface area contributed by atoms with E-state index in [1.165, 1.54) is 4.90 Å². The molecule has 36 heavy (non-hydrogen) atoms. The predicted molar refractivity (Wildman–Crippen MR) is 108 cm³/mol. The van der Waals surface area contributed by atoms with Crippen molar-refractivity contribution < 1.29 is 55.4 Å². The Bertz CT molecular complexity index is 1030. The number of amides is 2. The minimum atomic E-state index is -2.85. The van der Waals surface area contributed by atoms with Crippen LogP contribution in [0, 0.1) is 35.1 Å². The predicted octanol–water partition coefficient (Wildman–Crippen LogP) is 2.43. The lowest BCUT2D eigenvalue weighted by Crippen LogP contribution is -2.51. The maximum atomic E-state index is 13.7. The van der Waals surface area contributed by atoms with Crippen LogP contribution in [0.5, 0.6) is 5.75 Å². The van der Waals surface area contributed by atoms with Crippen LogP contribution in [0.2, 0.25) is 0 Å². The summed E-state index contributed by atoms with van der Waals surface area (Å²) < 4.78 is 84.6. The number of hydrogen-bond donors (Lipinski definition) is 2. The van der Waals surface area contributed by atoms with Gasteiger partial charge >= 0.3 is 5.97 Å². The first-order chi connectivity index (χ1) is 16.8. The molecule has 1 heterocycles. The van der Waals surface area contributed by atoms with Gasteiger partial charge in [-0.25, -0.2) is 17.6 Å². The Morgan fingerprint density at radius 1 is 1.03 bits per heavy atom. The van der Waals surface area contributed by atoms with Crippen LogP contribution >= 0.6 is 0 Å². The lowest BCUT2D eigenvalue weighted by atomic mass is 9.80. The monoisotopic (exact) mass is 524 g/mol. The molecule has 0 radical (unpaired) electrons. The van der Waals surface area contributed by atoms with E-state index >= 15 is 0 Å². The molecular formula is C22H22F6N2O6. The number of hydrogen-bond acceptors (Lipinski definition) is 5. The van der Waals surface area contributed by atoms with Crippen LogP contribution in [0.25, 0.3) is 0 Å². The topological polar surface area (TPSA) is 113 Å². The normalized spacial score (nSPS) is 18.8. The van der Waals surface area contributed by atoms with Gasteiger partial charge in [0.25, 0.3) is 0 Å². The molecule has 1 atom stereocenters. The second kappa shape index (κ2) is 10.7. The molecule has 8 nitrogen and oxygen atoms in total. The second-order valence-corrected chi connectivity index (χ2v) is 8.77. The molecule has 1 aliphatic heterocycles. The molecule has 0 spiro atoms. The third-order valence-electron chi connectivity index (χ3n) is 6.13. The Morgan fingerprint density at radius 2 is 1.58 bits per heavy atom. The van der Waals surface area contributed by atoms with Crippen molar-refractivity contribution in [2.75, 3.05) is 19.7 Å². The van der Waals surface area contributed by atoms with Gasteiger partial charge in [-0.05, 0) is 12.8 Å². The fourth-order valence-corrected chi connectivity index (χ4v) is 4.09. The molecule has 0 unspecified atom stereocenters. The Labute approximate surface area is 200 Å². The first kappa shape index (κ1) is 27.3. The Balaban J connectivity index is 1.56. The molecule has 14 heteroatoms. The van der Waals surface area contributed by atoms with E-state index in [1.807, 2.05) is 0 Å². The van der Waals surface area contributed by atoms with E-state index in [4.69, 9.17) is 5.11 Å². The summed E-state index contributed by atoms with van der Waals surface area (Å²) in [5.41, 5.74) is 0. The summed E-state index contributed by atoms with van der Waals surface area (Å²) in [6.07, 6.45) is -1.70. The van der Waals surface area contributed by atoms with E-state index < -0.39 is 102 Å². The van der Waals surface area contributed by atoms with Crippen LogP contribution in [0.1, 0.15) is 32.1 Å². The van der Waals surface area contributed by atoms with Gasteiger partial charge in [0.05, 0.1) is 6.42 Å². The van der Waals surface area contributed by atoms with Crippen LogP contribution < -0.4 is 10.1 Å². The van der Waals surface area contributed by atoms with Gasteiger partial charge in [-0.1, -0.05) is 0 Å². The van der Waals surface area contributed by atoms with Crippen LogP contribution in [0.15, 0.2) is 6.07 Å². The van der Waals surface area contributed by atoms with Gasteiger partial charge in [-0.2, -0.15) is 8.78 Å². The number of ether oxygens (including phenoxy) is 1. The quantitative estimate of drug-likeness (QED) is 0.379. The average molecular weight is 524 g/mol. The van der Waals surface area contributed by atoms with Gasteiger partial charge in [0.1, 0.15) is 12.6 Å². The number of carbonyl (C=O) groups is 4. The van der Waals surface area contributed by atoms with Crippen molar-refractivity contribution in [3.8, 4) is 5.75 Å². The summed E-state index contributed by atoms with van der Waals surface area (Å²) >= 11 is 0. The smallest absolute Gasteiger partial charge is 0.305 e. The van der Waals surface area contributed by atoms with Crippen molar-refractivity contribution in [1.82, 2.24) is 10.2 Å². The summed E-state index contributed by atoms with van der Waals surface area (Å²) in [5.74, 6) is -17.0.